The maximum absolute atomic E-state index is 12.7. The molecule has 0 radical (unpaired) electrons. The average molecular weight is 2060 g/mol. The smallest absolute Gasteiger partial charge is 0.744 e. The maximum Gasteiger partial charge on any atom is 1.00 e. The Kier molecular flexibility index (Phi) is 58.7. The molecule has 744 valence electrons. The van der Waals surface area contributed by atoms with Crippen molar-refractivity contribution >= 4 is 136 Å². The molecule has 12 rings (SSSR count). The van der Waals surface area contributed by atoms with Gasteiger partial charge in [-0.2, -0.15) is 65.4 Å². The summed E-state index contributed by atoms with van der Waals surface area (Å²) in [6, 6.07) is 64.1. The molecule has 42 nitrogen and oxygen atoms in total. The minimum Gasteiger partial charge on any atom is -0.744 e. The molecule has 0 fully saturated rings. The zero-order valence-electron chi connectivity index (χ0n) is 80.1. The van der Waals surface area contributed by atoms with Crippen LogP contribution in [0.4, 0.5) is 70.3 Å². The number of hydrogen-bond donors (Lipinski definition) is 14. The van der Waals surface area contributed by atoms with Gasteiger partial charge in [-0.3, -0.25) is 0 Å². The summed E-state index contributed by atoms with van der Waals surface area (Å²) < 4.78 is 148. The van der Waals surface area contributed by atoms with E-state index in [2.05, 4.69) is 127 Å². The second-order valence-electron chi connectivity index (χ2n) is 30.0. The van der Waals surface area contributed by atoms with Gasteiger partial charge in [-0.25, -0.2) is 16.8 Å². The zero-order valence-corrected chi connectivity index (χ0v) is 89.4. The first-order valence-electron chi connectivity index (χ1n) is 44.6. The number of nitrogens with one attached hydrogen (secondary N) is 12. The van der Waals surface area contributed by atoms with E-state index >= 15 is 0 Å². The molecule has 14 N–H and O–H groups in total. The summed E-state index contributed by atoms with van der Waals surface area (Å²) in [5.41, 5.74) is 8.10. The SMILES string of the molecule is CCCNCCNCCNCCNCCNc1nc(Cc2ccc(/C=C/c3ccc(Cc4nc(NCCCOCCOCCO)nc(Nc5ccccc5)n4)cc3S(=O)(=O)[O-])cc2)nc(Nc2ccccc2)n1.CNc1nc(Cc2ccc(/C=C/c3[c-]cc(Cc4nc(NCCCOCCOCCO)nc(Nc5ccccc5)n4)cc3)c(S(=O)(=O)[O-])c2)nc(Nc2ccccc2)n1.O=S(=O)=O.O=S(=O)=O.[Na+].[Na+].[Na+]. The van der Waals surface area contributed by atoms with E-state index in [-0.39, 0.29) is 142 Å². The second kappa shape index (κ2) is 69.4. The summed E-state index contributed by atoms with van der Waals surface area (Å²) in [5, 5.41) is 56.9. The number of aliphatic hydroxyl groups excluding tert-OH is 2. The Labute approximate surface area is 901 Å². The molecule has 4 aromatic heterocycles. The van der Waals surface area contributed by atoms with Crippen LogP contribution in [0.15, 0.2) is 210 Å². The molecule has 0 saturated carbocycles. The van der Waals surface area contributed by atoms with Crippen molar-refractivity contribution in [1.29, 1.82) is 0 Å². The fourth-order valence-corrected chi connectivity index (χ4v) is 14.2. The van der Waals surface area contributed by atoms with Crippen molar-refractivity contribution in [2.45, 2.75) is 61.7 Å². The van der Waals surface area contributed by atoms with E-state index in [0.717, 1.165) is 98.2 Å². The van der Waals surface area contributed by atoms with E-state index in [1.165, 1.54) is 12.1 Å². The van der Waals surface area contributed by atoms with Crippen molar-refractivity contribution in [3.05, 3.63) is 274 Å². The van der Waals surface area contributed by atoms with E-state index in [1.54, 1.807) is 55.6 Å². The Bertz CT molecular complexity index is 6270. The van der Waals surface area contributed by atoms with E-state index in [0.29, 0.717) is 179 Å². The second-order valence-corrected chi connectivity index (χ2v) is 33.5. The van der Waals surface area contributed by atoms with Gasteiger partial charge in [-0.1, -0.05) is 146 Å². The summed E-state index contributed by atoms with van der Waals surface area (Å²) in [5.74, 6) is 4.79. The van der Waals surface area contributed by atoms with Crippen LogP contribution in [0.1, 0.15) is 94.0 Å². The first-order valence-corrected chi connectivity index (χ1v) is 49.5. The average Bonchev–Trinajstić information content (AvgIpc) is 0.809. The number of benzene rings is 8. The molecule has 49 heteroatoms. The van der Waals surface area contributed by atoms with Crippen molar-refractivity contribution in [1.82, 2.24) is 81.1 Å². The Morgan fingerprint density at radius 1 is 0.343 bits per heavy atom. The first kappa shape index (κ1) is 121. The molecule has 12 aromatic rings. The number of rotatable bonds is 58. The van der Waals surface area contributed by atoms with Crippen LogP contribution in [0.5, 0.6) is 0 Å². The summed E-state index contributed by atoms with van der Waals surface area (Å²) >= 11 is 0. The Morgan fingerprint density at radius 3 is 1.00 bits per heavy atom. The molecular weight excluding hydrogens is 1950 g/mol. The Balaban J connectivity index is 0.000000406. The number of nitrogens with zero attached hydrogens (tertiary/aromatic N) is 12. The number of aliphatic hydroxyl groups is 2. The van der Waals surface area contributed by atoms with Gasteiger partial charge in [0.1, 0.15) is 43.5 Å². The van der Waals surface area contributed by atoms with Gasteiger partial charge < -0.3 is 102 Å². The Morgan fingerprint density at radius 2 is 0.650 bits per heavy atom. The van der Waals surface area contributed by atoms with E-state index in [1.807, 2.05) is 164 Å². The van der Waals surface area contributed by atoms with Gasteiger partial charge in [0, 0.05) is 128 Å². The largest absolute Gasteiger partial charge is 1.00 e. The van der Waals surface area contributed by atoms with Crippen LogP contribution in [-0.2, 0) is 86.1 Å². The third-order valence-corrected chi connectivity index (χ3v) is 20.9. The molecule has 0 amide bonds. The number of para-hydroxylation sites is 4. The van der Waals surface area contributed by atoms with E-state index in [4.69, 9.17) is 64.4 Å². The van der Waals surface area contributed by atoms with Crippen LogP contribution >= 0.6 is 0 Å². The predicted molar refractivity (Wildman–Crippen MR) is 531 cm³/mol. The van der Waals surface area contributed by atoms with Crippen molar-refractivity contribution in [3.63, 3.8) is 0 Å². The van der Waals surface area contributed by atoms with Crippen LogP contribution in [0.25, 0.3) is 24.3 Å². The van der Waals surface area contributed by atoms with Gasteiger partial charge in [0.2, 0.25) is 47.6 Å². The first-order chi connectivity index (χ1) is 67.9. The summed E-state index contributed by atoms with van der Waals surface area (Å²) in [6.45, 7) is 14.3. The number of hydrogen-bond acceptors (Lipinski definition) is 42. The van der Waals surface area contributed by atoms with Crippen molar-refractivity contribution < 1.29 is 169 Å². The molecule has 0 aliphatic heterocycles. The molecule has 4 heterocycles. The van der Waals surface area contributed by atoms with Gasteiger partial charge in [-0.05, 0) is 126 Å². The monoisotopic (exact) mass is 2060 g/mol. The molecule has 0 atom stereocenters. The minimum absolute atomic E-state index is 0. The van der Waals surface area contributed by atoms with Gasteiger partial charge in [-0.15, -0.1) is 61.2 Å². The van der Waals surface area contributed by atoms with Gasteiger partial charge >= 0.3 is 110 Å². The molecule has 0 saturated heterocycles. The zero-order chi connectivity index (χ0) is 99.6. The minimum atomic E-state index is -4.87. The molecule has 0 bridgehead atoms. The topological polar surface area (TPSA) is 593 Å². The van der Waals surface area contributed by atoms with Gasteiger partial charge in [0.15, 0.2) is 0 Å². The summed E-state index contributed by atoms with van der Waals surface area (Å²) in [4.78, 5) is 54.3. The number of ether oxygens (including phenoxy) is 4. The number of anilines is 12. The van der Waals surface area contributed by atoms with E-state index < -0.39 is 41.5 Å². The summed E-state index contributed by atoms with van der Waals surface area (Å²) in [6.07, 6.45) is 10.3. The van der Waals surface area contributed by atoms with Crippen LogP contribution < -0.4 is 152 Å². The summed E-state index contributed by atoms with van der Waals surface area (Å²) in [7, 11) is -14.2. The predicted octanol–water partition coefficient (Wildman–Crippen LogP) is -0.719. The van der Waals surface area contributed by atoms with Crippen LogP contribution in [0.3, 0.4) is 0 Å². The van der Waals surface area contributed by atoms with Crippen LogP contribution in [-0.4, -0.2) is 266 Å². The van der Waals surface area contributed by atoms with Crippen molar-refractivity contribution in [3.8, 4) is 0 Å². The third-order valence-electron chi connectivity index (χ3n) is 19.2. The van der Waals surface area contributed by atoms with Crippen LogP contribution in [0, 0.1) is 6.07 Å². The van der Waals surface area contributed by atoms with Gasteiger partial charge in [0.25, 0.3) is 0 Å². The quantitative estimate of drug-likeness (QED) is 0.00735. The fraction of sp³-hybridized carbons (Fsp3) is 0.319. The maximum atomic E-state index is 12.7. The number of aromatic nitrogens is 12. The normalized spacial score (nSPS) is 11.0. The standard InChI is InChI=1S/C52H70N14O6S.C42H45N10O6S.3Na.2O3S/c1-2-22-53-24-25-54-26-27-55-28-29-56-30-31-58-50-61-47(63-51(66-50)59-44-10-5-3-6-11-44)38-41-16-14-40(15-17-41)18-20-43-21-19-42(37-46(43)73(68,69)70)39-48-62-49(57-23-9-33-71-35-36-72-34-32-67)65-52(64-48)60-45-12-7-4-8-13-45;1-43-39-47-38(50-41(51-39)45-34-9-4-2-5-10-34)29-32-18-20-33(36(27-32)59(54,55)56)19-17-30-13-15-31(16-14-30)28-37-48-40(44-21-8-23-57-25-26-58-24-22-53)52-42(49-37)46-35-11-6-3-7-12-35;;;;2*1-4(2)3/h3-8,10-21,37,53-56,67H,2,9,22-36,38-39H2,1H3,(H,68,69,70)(H2,57,60,62,64,65)(H2,58,59,61,63,66);2-7,9-13,15-20,27,53H,8,21-26,28-29H2,1H3,(H,54,55,56)(H2,43,45,47,50,51)(H2,44,46,48,49,52);;;;;/q;-1;3*+1;;/p-2/b20-18+;19-17+;;;;;. The third kappa shape index (κ3) is 50.1. The molecule has 0 spiro atoms. The van der Waals surface area contributed by atoms with E-state index in [9.17, 15) is 25.9 Å². The fourth-order valence-electron chi connectivity index (χ4n) is 12.8. The Hall–Kier alpha value is -10.7. The molecule has 143 heavy (non-hydrogen) atoms. The molecule has 0 aliphatic rings. The molecule has 0 unspecified atom stereocenters. The van der Waals surface area contributed by atoms with Crippen molar-refractivity contribution in [2.75, 3.05) is 188 Å². The van der Waals surface area contributed by atoms with Crippen LogP contribution in [0.2, 0.25) is 0 Å². The molecule has 0 aliphatic carbocycles. The van der Waals surface area contributed by atoms with Gasteiger partial charge in [0.05, 0.1) is 62.6 Å². The molecular formula is C94H113N24Na3O18S4. The van der Waals surface area contributed by atoms with Crippen molar-refractivity contribution in [2.24, 2.45) is 0 Å². The molecule has 8 aromatic carbocycles.